The lowest BCUT2D eigenvalue weighted by Crippen LogP contribution is -2.49. The van der Waals surface area contributed by atoms with Crippen molar-refractivity contribution in [2.75, 3.05) is 13.6 Å². The zero-order chi connectivity index (χ0) is 24.9. The van der Waals surface area contributed by atoms with Gasteiger partial charge in [0.2, 0.25) is 5.91 Å². The van der Waals surface area contributed by atoms with Crippen molar-refractivity contribution < 1.29 is 9.59 Å². The first-order chi connectivity index (χ1) is 16.1. The molecule has 0 fully saturated rings. The van der Waals surface area contributed by atoms with E-state index in [-0.39, 0.29) is 11.8 Å². The number of hydrogen-bond acceptors (Lipinski definition) is 4. The first-order valence-corrected chi connectivity index (χ1v) is 11.6. The molecule has 0 saturated heterocycles. The molecule has 180 valence electrons. The van der Waals surface area contributed by atoms with Crippen LogP contribution in [0.3, 0.4) is 0 Å². The van der Waals surface area contributed by atoms with Gasteiger partial charge >= 0.3 is 0 Å². The van der Waals surface area contributed by atoms with E-state index in [1.54, 1.807) is 7.05 Å². The third kappa shape index (κ3) is 6.46. The van der Waals surface area contributed by atoms with Gasteiger partial charge in [-0.05, 0) is 38.5 Å². The predicted octanol–water partition coefficient (Wildman–Crippen LogP) is 3.92. The van der Waals surface area contributed by atoms with Gasteiger partial charge in [0.05, 0.1) is 12.2 Å². The van der Waals surface area contributed by atoms with E-state index in [0.717, 1.165) is 22.4 Å². The van der Waals surface area contributed by atoms with Crippen LogP contribution in [0.15, 0.2) is 48.5 Å². The first kappa shape index (κ1) is 25.5. The minimum absolute atomic E-state index is 0.0920. The lowest BCUT2D eigenvalue weighted by molar-refractivity contribution is -0.120. The Balaban J connectivity index is 2.04. The van der Waals surface area contributed by atoms with E-state index in [4.69, 9.17) is 16.7 Å². The summed E-state index contributed by atoms with van der Waals surface area (Å²) in [7, 11) is 1.60. The van der Waals surface area contributed by atoms with Crippen LogP contribution in [-0.2, 0) is 17.9 Å². The molecule has 2 amide bonds. The van der Waals surface area contributed by atoms with Gasteiger partial charge in [-0.2, -0.15) is 5.10 Å². The van der Waals surface area contributed by atoms with Crippen molar-refractivity contribution in [1.29, 1.82) is 0 Å². The number of aryl methyl sites for hydroxylation is 1. The van der Waals surface area contributed by atoms with E-state index in [0.29, 0.717) is 30.4 Å². The Kier molecular flexibility index (Phi) is 8.12. The van der Waals surface area contributed by atoms with Gasteiger partial charge in [0.25, 0.3) is 5.91 Å². The van der Waals surface area contributed by atoms with Crippen LogP contribution in [0.2, 0.25) is 5.02 Å². The standard InChI is InChI=1S/C26H32ClN5O2/c1-17-6-8-19(9-7-17)15-32-24(20-10-12-21(27)13-11-20)22(23(31-32)25(34)28-5)14-29-16-26(3,4)30-18(2)33/h6-13,29H,14-16H2,1-5H3,(H,28,34)(H,30,33). The van der Waals surface area contributed by atoms with Crippen LogP contribution in [0.1, 0.15) is 48.0 Å². The molecule has 0 aliphatic heterocycles. The Morgan fingerprint density at radius 3 is 2.29 bits per heavy atom. The second-order valence-electron chi connectivity index (χ2n) is 9.07. The molecule has 0 radical (unpaired) electrons. The highest BCUT2D eigenvalue weighted by molar-refractivity contribution is 6.30. The van der Waals surface area contributed by atoms with Crippen LogP contribution in [0.5, 0.6) is 0 Å². The van der Waals surface area contributed by atoms with Gasteiger partial charge in [0.15, 0.2) is 5.69 Å². The largest absolute Gasteiger partial charge is 0.354 e. The van der Waals surface area contributed by atoms with Crippen LogP contribution in [-0.4, -0.2) is 40.7 Å². The minimum atomic E-state index is -0.447. The van der Waals surface area contributed by atoms with Crippen molar-refractivity contribution in [3.8, 4) is 11.3 Å². The number of amides is 2. The van der Waals surface area contributed by atoms with Crippen molar-refractivity contribution in [1.82, 2.24) is 25.7 Å². The molecule has 8 heteroatoms. The maximum Gasteiger partial charge on any atom is 0.271 e. The molecule has 0 atom stereocenters. The molecule has 0 aliphatic carbocycles. The average molecular weight is 482 g/mol. The number of aromatic nitrogens is 2. The fourth-order valence-electron chi connectivity index (χ4n) is 3.90. The van der Waals surface area contributed by atoms with Crippen LogP contribution in [0.4, 0.5) is 0 Å². The topological polar surface area (TPSA) is 88.1 Å². The lowest BCUT2D eigenvalue weighted by atomic mass is 10.0. The number of hydrogen-bond donors (Lipinski definition) is 3. The second kappa shape index (κ2) is 10.8. The fourth-order valence-corrected chi connectivity index (χ4v) is 4.03. The summed E-state index contributed by atoms with van der Waals surface area (Å²) in [6.45, 7) is 8.87. The van der Waals surface area contributed by atoms with Crippen LogP contribution < -0.4 is 16.0 Å². The number of carbonyl (C=O) groups excluding carboxylic acids is 2. The van der Waals surface area contributed by atoms with E-state index >= 15 is 0 Å². The molecular formula is C26H32ClN5O2. The smallest absolute Gasteiger partial charge is 0.271 e. The van der Waals surface area contributed by atoms with Crippen LogP contribution in [0.25, 0.3) is 11.3 Å². The van der Waals surface area contributed by atoms with E-state index in [1.807, 2.05) is 49.7 Å². The van der Waals surface area contributed by atoms with E-state index in [9.17, 15) is 9.59 Å². The third-order valence-electron chi connectivity index (χ3n) is 5.45. The normalized spacial score (nSPS) is 11.4. The first-order valence-electron chi connectivity index (χ1n) is 11.2. The molecule has 3 aromatic rings. The molecular weight excluding hydrogens is 450 g/mol. The van der Waals surface area contributed by atoms with Crippen molar-refractivity contribution in [2.45, 2.75) is 46.3 Å². The highest BCUT2D eigenvalue weighted by atomic mass is 35.5. The van der Waals surface area contributed by atoms with Gasteiger partial charge in [-0.1, -0.05) is 53.6 Å². The summed E-state index contributed by atoms with van der Waals surface area (Å²) < 4.78 is 1.87. The van der Waals surface area contributed by atoms with Gasteiger partial charge in [-0.25, -0.2) is 0 Å². The molecule has 1 heterocycles. The molecule has 0 saturated carbocycles. The third-order valence-corrected chi connectivity index (χ3v) is 5.70. The van der Waals surface area contributed by atoms with Crippen LogP contribution in [0, 0.1) is 6.92 Å². The molecule has 0 unspecified atom stereocenters. The summed E-state index contributed by atoms with van der Waals surface area (Å²) in [6.07, 6.45) is 0. The average Bonchev–Trinajstić information content (AvgIpc) is 3.12. The maximum absolute atomic E-state index is 12.8. The number of nitrogens with zero attached hydrogens (tertiary/aromatic N) is 2. The molecule has 3 rings (SSSR count). The number of halogens is 1. The summed E-state index contributed by atoms with van der Waals surface area (Å²) in [5.74, 6) is -0.346. The van der Waals surface area contributed by atoms with E-state index < -0.39 is 5.54 Å². The Bertz CT molecular complexity index is 1150. The quantitative estimate of drug-likeness (QED) is 0.432. The van der Waals surface area contributed by atoms with Crippen molar-refractivity contribution in [3.63, 3.8) is 0 Å². The Morgan fingerprint density at radius 2 is 1.71 bits per heavy atom. The fraction of sp³-hybridized carbons (Fsp3) is 0.346. The van der Waals surface area contributed by atoms with Crippen molar-refractivity contribution >= 4 is 23.4 Å². The Labute approximate surface area is 205 Å². The number of benzene rings is 2. The van der Waals surface area contributed by atoms with Gasteiger partial charge in [-0.3, -0.25) is 14.3 Å². The molecule has 0 aliphatic rings. The van der Waals surface area contributed by atoms with Crippen LogP contribution >= 0.6 is 11.6 Å². The summed E-state index contributed by atoms with van der Waals surface area (Å²) in [6, 6.07) is 15.8. The molecule has 0 spiro atoms. The summed E-state index contributed by atoms with van der Waals surface area (Å²) in [5, 5.41) is 14.4. The zero-order valence-electron chi connectivity index (χ0n) is 20.3. The molecule has 0 bridgehead atoms. The van der Waals surface area contributed by atoms with E-state index in [2.05, 4.69) is 40.2 Å². The van der Waals surface area contributed by atoms with Crippen molar-refractivity contribution in [3.05, 3.63) is 75.9 Å². The Hall–Kier alpha value is -3.16. The van der Waals surface area contributed by atoms with Gasteiger partial charge in [-0.15, -0.1) is 0 Å². The van der Waals surface area contributed by atoms with Gasteiger partial charge in [0, 0.05) is 48.7 Å². The summed E-state index contributed by atoms with van der Waals surface area (Å²) in [5.41, 5.74) is 4.73. The molecule has 2 aromatic carbocycles. The predicted molar refractivity (Wildman–Crippen MR) is 136 cm³/mol. The van der Waals surface area contributed by atoms with Gasteiger partial charge < -0.3 is 16.0 Å². The Morgan fingerprint density at radius 1 is 1.06 bits per heavy atom. The monoisotopic (exact) mass is 481 g/mol. The number of carbonyl (C=O) groups is 2. The summed E-state index contributed by atoms with van der Waals surface area (Å²) in [4.78, 5) is 24.3. The highest BCUT2D eigenvalue weighted by Gasteiger charge is 2.25. The zero-order valence-corrected chi connectivity index (χ0v) is 21.1. The second-order valence-corrected chi connectivity index (χ2v) is 9.51. The molecule has 7 nitrogen and oxygen atoms in total. The highest BCUT2D eigenvalue weighted by Crippen LogP contribution is 2.29. The van der Waals surface area contributed by atoms with Crippen molar-refractivity contribution in [2.24, 2.45) is 0 Å². The molecule has 3 N–H and O–H groups in total. The number of nitrogens with one attached hydrogen (secondary N) is 3. The van der Waals surface area contributed by atoms with Gasteiger partial charge in [0.1, 0.15) is 0 Å². The van der Waals surface area contributed by atoms with E-state index in [1.165, 1.54) is 12.5 Å². The summed E-state index contributed by atoms with van der Waals surface area (Å²) >= 11 is 6.14. The number of rotatable bonds is 9. The molecule has 34 heavy (non-hydrogen) atoms. The maximum atomic E-state index is 12.8. The lowest BCUT2D eigenvalue weighted by Gasteiger charge is -2.26. The molecule has 1 aromatic heterocycles. The minimum Gasteiger partial charge on any atom is -0.354 e. The SMILES string of the molecule is CNC(=O)c1nn(Cc2ccc(C)cc2)c(-c2ccc(Cl)cc2)c1CNCC(C)(C)NC(C)=O.